The number of rotatable bonds is 7. The van der Waals surface area contributed by atoms with Crippen LogP contribution in [-0.4, -0.2) is 24.8 Å². The molecule has 0 aromatic rings. The fourth-order valence-corrected chi connectivity index (χ4v) is 3.43. The average molecular weight is 269 g/mol. The van der Waals surface area contributed by atoms with Gasteiger partial charge in [-0.1, -0.05) is 34.6 Å². The van der Waals surface area contributed by atoms with Gasteiger partial charge in [0.1, 0.15) is 0 Å². The molecule has 0 saturated heterocycles. The van der Waals surface area contributed by atoms with Crippen molar-refractivity contribution in [3.8, 4) is 0 Å². The van der Waals surface area contributed by atoms with Gasteiger partial charge in [-0.2, -0.15) is 0 Å². The highest BCUT2D eigenvalue weighted by molar-refractivity contribution is 4.99. The normalized spacial score (nSPS) is 23.5. The van der Waals surface area contributed by atoms with E-state index in [1.54, 1.807) is 0 Å². The smallest absolute Gasteiger partial charge is 0.0835 e. The summed E-state index contributed by atoms with van der Waals surface area (Å²) in [5.74, 6) is 0.719. The van der Waals surface area contributed by atoms with Gasteiger partial charge in [-0.15, -0.1) is 0 Å². The van der Waals surface area contributed by atoms with E-state index in [2.05, 4.69) is 46.9 Å². The minimum Gasteiger partial charge on any atom is -0.374 e. The van der Waals surface area contributed by atoms with Gasteiger partial charge in [0, 0.05) is 12.6 Å². The molecule has 0 heterocycles. The van der Waals surface area contributed by atoms with Crippen LogP contribution in [0.1, 0.15) is 73.6 Å². The van der Waals surface area contributed by atoms with Crippen molar-refractivity contribution in [1.82, 2.24) is 5.32 Å². The van der Waals surface area contributed by atoms with Crippen LogP contribution in [0.2, 0.25) is 0 Å². The number of ether oxygens (including phenoxy) is 1. The van der Waals surface area contributed by atoms with Gasteiger partial charge in [0.25, 0.3) is 0 Å². The van der Waals surface area contributed by atoms with Gasteiger partial charge in [0.15, 0.2) is 0 Å². The van der Waals surface area contributed by atoms with Gasteiger partial charge < -0.3 is 10.1 Å². The molecule has 2 heteroatoms. The summed E-state index contributed by atoms with van der Waals surface area (Å²) >= 11 is 0. The molecule has 1 saturated carbocycles. The van der Waals surface area contributed by atoms with Crippen LogP contribution in [0, 0.1) is 11.3 Å². The van der Waals surface area contributed by atoms with Crippen molar-refractivity contribution in [2.75, 3.05) is 13.2 Å². The molecule has 1 aliphatic carbocycles. The minimum absolute atomic E-state index is 0.0740. The maximum Gasteiger partial charge on any atom is 0.0835 e. The second-order valence-corrected chi connectivity index (χ2v) is 7.40. The third-order valence-corrected chi connectivity index (χ3v) is 4.67. The monoisotopic (exact) mass is 269 g/mol. The van der Waals surface area contributed by atoms with Gasteiger partial charge in [-0.25, -0.2) is 0 Å². The van der Waals surface area contributed by atoms with Crippen molar-refractivity contribution in [2.24, 2.45) is 11.3 Å². The molecule has 1 rings (SSSR count). The van der Waals surface area contributed by atoms with E-state index in [1.807, 2.05) is 0 Å². The lowest BCUT2D eigenvalue weighted by Crippen LogP contribution is -2.55. The Kier molecular flexibility index (Phi) is 6.32. The van der Waals surface area contributed by atoms with Crippen LogP contribution < -0.4 is 5.32 Å². The van der Waals surface area contributed by atoms with Gasteiger partial charge >= 0.3 is 0 Å². The van der Waals surface area contributed by atoms with E-state index in [9.17, 15) is 0 Å². The first-order chi connectivity index (χ1) is 8.85. The topological polar surface area (TPSA) is 21.3 Å². The fraction of sp³-hybridized carbons (Fsp3) is 1.00. The van der Waals surface area contributed by atoms with E-state index in [4.69, 9.17) is 4.74 Å². The van der Waals surface area contributed by atoms with Crippen molar-refractivity contribution in [3.63, 3.8) is 0 Å². The summed E-state index contributed by atoms with van der Waals surface area (Å²) in [6.45, 7) is 15.6. The van der Waals surface area contributed by atoms with Gasteiger partial charge in [-0.05, 0) is 56.9 Å². The zero-order valence-corrected chi connectivity index (χ0v) is 14.0. The number of likely N-dealkylation sites (N-methyl/N-ethyl adjacent to an activating group) is 1. The minimum atomic E-state index is 0.0740. The maximum absolute atomic E-state index is 6.32. The van der Waals surface area contributed by atoms with E-state index in [1.165, 1.54) is 32.1 Å². The summed E-state index contributed by atoms with van der Waals surface area (Å²) in [4.78, 5) is 0. The Morgan fingerprint density at radius 3 is 2.05 bits per heavy atom. The highest BCUT2D eigenvalue weighted by Gasteiger charge is 2.44. The van der Waals surface area contributed by atoms with E-state index in [0.717, 1.165) is 19.1 Å². The van der Waals surface area contributed by atoms with Gasteiger partial charge in [0.2, 0.25) is 0 Å². The Labute approximate surface area is 120 Å². The Morgan fingerprint density at radius 1 is 1.05 bits per heavy atom. The Bertz CT molecular complexity index is 250. The second kappa shape index (κ2) is 7.08. The lowest BCUT2D eigenvalue weighted by atomic mass is 9.67. The third kappa shape index (κ3) is 4.75. The van der Waals surface area contributed by atoms with E-state index < -0.39 is 0 Å². The van der Waals surface area contributed by atoms with Crippen molar-refractivity contribution in [1.29, 1.82) is 0 Å². The Hall–Kier alpha value is -0.0800. The van der Waals surface area contributed by atoms with Crippen molar-refractivity contribution < 1.29 is 4.74 Å². The molecule has 1 atom stereocenters. The molecule has 0 radical (unpaired) electrons. The summed E-state index contributed by atoms with van der Waals surface area (Å²) in [5.41, 5.74) is 0.569. The van der Waals surface area contributed by atoms with Crippen LogP contribution in [0.25, 0.3) is 0 Å². The summed E-state index contributed by atoms with van der Waals surface area (Å²) in [6.07, 6.45) is 6.20. The third-order valence-electron chi connectivity index (χ3n) is 4.67. The molecule has 1 aliphatic rings. The SMILES string of the molecule is CCNC(CC(C)C)C1(OCC)CCC(C)(C)CC1. The number of nitrogens with one attached hydrogen (secondary N) is 1. The molecule has 0 bridgehead atoms. The molecular formula is C17H35NO. The first kappa shape index (κ1) is 17.0. The summed E-state index contributed by atoms with van der Waals surface area (Å²) < 4.78 is 6.32. The van der Waals surface area contributed by atoms with Crippen LogP contribution in [0.5, 0.6) is 0 Å². The van der Waals surface area contributed by atoms with Crippen LogP contribution in [0.3, 0.4) is 0 Å². The highest BCUT2D eigenvalue weighted by atomic mass is 16.5. The lowest BCUT2D eigenvalue weighted by molar-refractivity contribution is -0.109. The van der Waals surface area contributed by atoms with Crippen LogP contribution >= 0.6 is 0 Å². The quantitative estimate of drug-likeness (QED) is 0.740. The molecule has 2 nitrogen and oxygen atoms in total. The Morgan fingerprint density at radius 2 is 1.63 bits per heavy atom. The molecule has 0 aromatic heterocycles. The molecule has 1 fully saturated rings. The molecule has 114 valence electrons. The average Bonchev–Trinajstić information content (AvgIpc) is 2.31. The first-order valence-corrected chi connectivity index (χ1v) is 8.22. The fourth-order valence-electron chi connectivity index (χ4n) is 3.43. The van der Waals surface area contributed by atoms with Crippen molar-refractivity contribution >= 4 is 0 Å². The predicted octanol–water partition coefficient (Wildman–Crippen LogP) is 4.39. The Balaban J connectivity index is 2.83. The number of hydrogen-bond acceptors (Lipinski definition) is 2. The van der Waals surface area contributed by atoms with Gasteiger partial charge in [-0.3, -0.25) is 0 Å². The van der Waals surface area contributed by atoms with Crippen LogP contribution in [0.15, 0.2) is 0 Å². The van der Waals surface area contributed by atoms with Gasteiger partial charge in [0.05, 0.1) is 5.60 Å². The summed E-state index contributed by atoms with van der Waals surface area (Å²) in [6, 6.07) is 0.508. The second-order valence-electron chi connectivity index (χ2n) is 7.40. The molecule has 0 aromatic carbocycles. The van der Waals surface area contributed by atoms with E-state index >= 15 is 0 Å². The molecule has 0 spiro atoms. The molecule has 1 N–H and O–H groups in total. The maximum atomic E-state index is 6.32. The lowest BCUT2D eigenvalue weighted by Gasteiger charge is -2.48. The predicted molar refractivity (Wildman–Crippen MR) is 83.5 cm³/mol. The van der Waals surface area contributed by atoms with Crippen LogP contribution in [0.4, 0.5) is 0 Å². The number of hydrogen-bond donors (Lipinski definition) is 1. The summed E-state index contributed by atoms with van der Waals surface area (Å²) in [5, 5.41) is 3.71. The molecule has 0 amide bonds. The largest absolute Gasteiger partial charge is 0.374 e. The zero-order valence-electron chi connectivity index (χ0n) is 14.0. The molecule has 0 aliphatic heterocycles. The first-order valence-electron chi connectivity index (χ1n) is 8.22. The van der Waals surface area contributed by atoms with Crippen molar-refractivity contribution in [2.45, 2.75) is 85.3 Å². The molecular weight excluding hydrogens is 234 g/mol. The molecule has 1 unspecified atom stereocenters. The van der Waals surface area contributed by atoms with E-state index in [-0.39, 0.29) is 5.60 Å². The standard InChI is InChI=1S/C17H35NO/c1-7-18-15(13-14(3)4)17(19-8-2)11-9-16(5,6)10-12-17/h14-15,18H,7-13H2,1-6H3. The van der Waals surface area contributed by atoms with Crippen LogP contribution in [-0.2, 0) is 4.74 Å². The highest BCUT2D eigenvalue weighted by Crippen LogP contribution is 2.44. The summed E-state index contributed by atoms with van der Waals surface area (Å²) in [7, 11) is 0. The molecule has 19 heavy (non-hydrogen) atoms. The zero-order chi connectivity index (χ0) is 14.5. The van der Waals surface area contributed by atoms with E-state index in [0.29, 0.717) is 11.5 Å². The van der Waals surface area contributed by atoms with Crippen molar-refractivity contribution in [3.05, 3.63) is 0 Å².